The lowest BCUT2D eigenvalue weighted by atomic mass is 10.1. The molecule has 0 spiro atoms. The largest absolute Gasteiger partial charge is 0.475 e. The molecule has 1 aliphatic heterocycles. The predicted octanol–water partition coefficient (Wildman–Crippen LogP) is 4.79. The normalized spacial score (nSPS) is 14.6. The van der Waals surface area contributed by atoms with E-state index in [0.717, 1.165) is 12.1 Å². The number of nitrogens with zero attached hydrogens (tertiary/aromatic N) is 4. The molecule has 1 aromatic carbocycles. The first kappa shape index (κ1) is 22.9. The number of alkyl halides is 3. The molecule has 0 saturated carbocycles. The van der Waals surface area contributed by atoms with Crippen LogP contribution in [-0.4, -0.2) is 53.7 Å². The Morgan fingerprint density at radius 1 is 1.18 bits per heavy atom. The molecule has 2 amide bonds. The third kappa shape index (κ3) is 5.05. The van der Waals surface area contributed by atoms with Gasteiger partial charge in [-0.05, 0) is 36.7 Å². The van der Waals surface area contributed by atoms with Crippen molar-refractivity contribution in [3.05, 3.63) is 40.9 Å². The number of carbonyl (C=O) groups is 1. The molecule has 33 heavy (non-hydrogen) atoms. The topological polar surface area (TPSA) is 83.7 Å². The van der Waals surface area contributed by atoms with Crippen molar-refractivity contribution < 1.29 is 31.5 Å². The third-order valence-corrected chi connectivity index (χ3v) is 5.14. The van der Waals surface area contributed by atoms with Gasteiger partial charge in [0.2, 0.25) is 5.71 Å². The van der Waals surface area contributed by atoms with Crippen LogP contribution in [0.5, 0.6) is 5.88 Å². The highest BCUT2D eigenvalue weighted by atomic mass is 35.5. The van der Waals surface area contributed by atoms with Crippen LogP contribution < -0.4 is 15.0 Å². The van der Waals surface area contributed by atoms with Crippen LogP contribution >= 0.6 is 11.6 Å². The lowest BCUT2D eigenvalue weighted by molar-refractivity contribution is -0.137. The summed E-state index contributed by atoms with van der Waals surface area (Å²) >= 11 is 5.83. The Morgan fingerprint density at radius 3 is 2.58 bits per heavy atom. The number of fused-ring (bicyclic) bond motifs is 1. The molecule has 1 N–H and O–H groups in total. The molecular formula is C20H18ClF4N5O3. The van der Waals surface area contributed by atoms with Crippen LogP contribution in [0.15, 0.2) is 28.7 Å². The number of aromatic nitrogens is 2. The first-order valence-corrected chi connectivity index (χ1v) is 10.3. The number of rotatable bonds is 4. The maximum atomic E-state index is 13.7. The summed E-state index contributed by atoms with van der Waals surface area (Å²) in [6, 6.07) is 3.35. The fraction of sp³-hybridized carbons (Fsp3) is 0.350. The molecular weight excluding hydrogens is 470 g/mol. The van der Waals surface area contributed by atoms with E-state index >= 15 is 0 Å². The van der Waals surface area contributed by atoms with E-state index in [4.69, 9.17) is 20.8 Å². The number of anilines is 2. The van der Waals surface area contributed by atoms with Crippen molar-refractivity contribution in [3.8, 4) is 5.88 Å². The Bertz CT molecular complexity index is 1180. The third-order valence-electron chi connectivity index (χ3n) is 4.95. The molecule has 2 aromatic heterocycles. The number of hydrogen-bond donors (Lipinski definition) is 1. The number of piperazine rings is 1. The number of nitrogens with one attached hydrogen (secondary N) is 1. The molecule has 0 radical (unpaired) electrons. The van der Waals surface area contributed by atoms with E-state index in [1.54, 1.807) is 11.8 Å². The van der Waals surface area contributed by atoms with Gasteiger partial charge in [0.05, 0.1) is 12.2 Å². The van der Waals surface area contributed by atoms with Crippen molar-refractivity contribution in [1.29, 1.82) is 0 Å². The second-order valence-corrected chi connectivity index (χ2v) is 7.52. The Morgan fingerprint density at radius 2 is 1.91 bits per heavy atom. The minimum absolute atomic E-state index is 0.0578. The second-order valence-electron chi connectivity index (χ2n) is 7.15. The summed E-state index contributed by atoms with van der Waals surface area (Å²) < 4.78 is 63.3. The number of benzene rings is 1. The van der Waals surface area contributed by atoms with Gasteiger partial charge in [-0.25, -0.2) is 14.2 Å². The zero-order valence-corrected chi connectivity index (χ0v) is 18.0. The molecule has 3 heterocycles. The van der Waals surface area contributed by atoms with Gasteiger partial charge < -0.3 is 19.0 Å². The summed E-state index contributed by atoms with van der Waals surface area (Å²) in [7, 11) is 0. The minimum Gasteiger partial charge on any atom is -0.475 e. The van der Waals surface area contributed by atoms with E-state index in [9.17, 15) is 22.4 Å². The number of amides is 2. The number of hydrogen-bond acceptors (Lipinski definition) is 6. The van der Waals surface area contributed by atoms with Crippen molar-refractivity contribution in [2.24, 2.45) is 0 Å². The molecule has 13 heteroatoms. The average Bonchev–Trinajstić information content (AvgIpc) is 3.12. The maximum absolute atomic E-state index is 13.7. The van der Waals surface area contributed by atoms with E-state index < -0.39 is 23.6 Å². The van der Waals surface area contributed by atoms with Crippen molar-refractivity contribution >= 4 is 40.4 Å². The van der Waals surface area contributed by atoms with Gasteiger partial charge >= 0.3 is 12.2 Å². The van der Waals surface area contributed by atoms with Crippen LogP contribution in [0, 0.1) is 5.82 Å². The lowest BCUT2D eigenvalue weighted by Crippen LogP contribution is -2.50. The Labute approximate surface area is 190 Å². The number of carbonyl (C=O) groups excluding carboxylic acids is 1. The first-order chi connectivity index (χ1) is 15.6. The van der Waals surface area contributed by atoms with Gasteiger partial charge in [-0.2, -0.15) is 18.2 Å². The predicted molar refractivity (Wildman–Crippen MR) is 112 cm³/mol. The van der Waals surface area contributed by atoms with Crippen LogP contribution in [0.25, 0.3) is 11.2 Å². The molecule has 1 saturated heterocycles. The zero-order chi connectivity index (χ0) is 23.8. The Balaban J connectivity index is 1.45. The molecule has 0 bridgehead atoms. The molecule has 4 rings (SSSR count). The van der Waals surface area contributed by atoms with Gasteiger partial charge in [-0.3, -0.25) is 5.32 Å². The highest BCUT2D eigenvalue weighted by Crippen LogP contribution is 2.33. The summed E-state index contributed by atoms with van der Waals surface area (Å²) in [5.74, 6) is -0.839. The fourth-order valence-electron chi connectivity index (χ4n) is 3.40. The standard InChI is InChI=1S/C20H18ClF4N5O3/c1-2-32-18-16(26-14-10-15(21)33-17(14)28-18)27-19(31)30-5-3-29(4-6-30)13-8-11(20(23,24)25)7-12(22)9-13/h7-10H,2-6H2,1H3,(H,26,27,31). The molecule has 0 aliphatic carbocycles. The van der Waals surface area contributed by atoms with Gasteiger partial charge in [0.1, 0.15) is 11.3 Å². The summed E-state index contributed by atoms with van der Waals surface area (Å²) in [4.78, 5) is 24.3. The number of furan rings is 1. The Kier molecular flexibility index (Phi) is 6.19. The van der Waals surface area contributed by atoms with E-state index in [-0.39, 0.29) is 61.1 Å². The summed E-state index contributed by atoms with van der Waals surface area (Å²) in [6.07, 6.45) is -4.65. The molecule has 1 fully saturated rings. The van der Waals surface area contributed by atoms with Crippen molar-refractivity contribution in [2.75, 3.05) is 43.0 Å². The summed E-state index contributed by atoms with van der Waals surface area (Å²) in [6.45, 7) is 2.83. The van der Waals surface area contributed by atoms with Crippen LogP contribution in [0.2, 0.25) is 5.22 Å². The van der Waals surface area contributed by atoms with E-state index in [0.29, 0.717) is 11.6 Å². The van der Waals surface area contributed by atoms with Crippen molar-refractivity contribution in [3.63, 3.8) is 0 Å². The monoisotopic (exact) mass is 487 g/mol. The summed E-state index contributed by atoms with van der Waals surface area (Å²) in [5.41, 5.74) is -0.470. The lowest BCUT2D eigenvalue weighted by Gasteiger charge is -2.36. The van der Waals surface area contributed by atoms with Crippen molar-refractivity contribution in [1.82, 2.24) is 14.9 Å². The number of ether oxygens (including phenoxy) is 1. The van der Waals surface area contributed by atoms with Gasteiger partial charge in [-0.1, -0.05) is 0 Å². The van der Waals surface area contributed by atoms with Crippen LogP contribution in [0.4, 0.5) is 33.9 Å². The second kappa shape index (κ2) is 8.93. The smallest absolute Gasteiger partial charge is 0.416 e. The fourth-order valence-corrected chi connectivity index (χ4v) is 3.58. The molecule has 0 atom stereocenters. The average molecular weight is 488 g/mol. The van der Waals surface area contributed by atoms with E-state index in [1.807, 2.05) is 0 Å². The molecule has 1 aliphatic rings. The highest BCUT2D eigenvalue weighted by molar-refractivity contribution is 6.29. The molecule has 8 nitrogen and oxygen atoms in total. The van der Waals surface area contributed by atoms with E-state index in [1.165, 1.54) is 11.0 Å². The Hall–Kier alpha value is -3.28. The van der Waals surface area contributed by atoms with Crippen LogP contribution in [0.3, 0.4) is 0 Å². The van der Waals surface area contributed by atoms with Gasteiger partial charge in [0.25, 0.3) is 5.88 Å². The van der Waals surface area contributed by atoms with Gasteiger partial charge in [0, 0.05) is 37.9 Å². The first-order valence-electron chi connectivity index (χ1n) is 9.92. The van der Waals surface area contributed by atoms with Crippen LogP contribution in [-0.2, 0) is 6.18 Å². The van der Waals surface area contributed by atoms with Crippen LogP contribution in [0.1, 0.15) is 12.5 Å². The molecule has 3 aromatic rings. The molecule has 176 valence electrons. The SMILES string of the molecule is CCOc1nc2oc(Cl)cc2nc1NC(=O)N1CCN(c2cc(F)cc(C(F)(F)F)c2)CC1. The maximum Gasteiger partial charge on any atom is 0.416 e. The minimum atomic E-state index is -4.65. The van der Waals surface area contributed by atoms with Gasteiger partial charge in [-0.15, -0.1) is 0 Å². The molecule has 0 unspecified atom stereocenters. The summed E-state index contributed by atoms with van der Waals surface area (Å²) in [5, 5.41) is 2.72. The van der Waals surface area contributed by atoms with Gasteiger partial charge in [0.15, 0.2) is 11.0 Å². The highest BCUT2D eigenvalue weighted by Gasteiger charge is 2.32. The van der Waals surface area contributed by atoms with E-state index in [2.05, 4.69) is 15.3 Å². The number of halogens is 5. The van der Waals surface area contributed by atoms with Crippen molar-refractivity contribution in [2.45, 2.75) is 13.1 Å². The zero-order valence-electron chi connectivity index (χ0n) is 17.2. The number of urea groups is 1. The quantitative estimate of drug-likeness (QED) is 0.533.